The van der Waals surface area contributed by atoms with Gasteiger partial charge in [-0.2, -0.15) is 5.10 Å². The number of halogens is 1. The summed E-state index contributed by atoms with van der Waals surface area (Å²) in [5.74, 6) is -0.134. The normalized spacial score (nSPS) is 16.1. The fourth-order valence-corrected chi connectivity index (χ4v) is 2.99. The van der Waals surface area contributed by atoms with E-state index in [-0.39, 0.29) is 24.2 Å². The van der Waals surface area contributed by atoms with Crippen LogP contribution in [-0.4, -0.2) is 41.2 Å². The quantitative estimate of drug-likeness (QED) is 0.680. The van der Waals surface area contributed by atoms with Gasteiger partial charge in [0, 0.05) is 37.8 Å². The molecule has 1 heterocycles. The summed E-state index contributed by atoms with van der Waals surface area (Å²) in [6.45, 7) is 0.343. The molecular formula is C16H28ClN5O2. The zero-order valence-electron chi connectivity index (χ0n) is 14.4. The molecule has 1 fully saturated rings. The lowest BCUT2D eigenvalue weighted by molar-refractivity contribution is -0.124. The molecule has 1 aliphatic carbocycles. The maximum atomic E-state index is 12.2. The van der Waals surface area contributed by atoms with Crippen molar-refractivity contribution >= 4 is 24.2 Å². The van der Waals surface area contributed by atoms with Crippen molar-refractivity contribution in [2.24, 2.45) is 7.05 Å². The number of hydrogen-bond acceptors (Lipinski definition) is 4. The van der Waals surface area contributed by atoms with Gasteiger partial charge >= 0.3 is 0 Å². The molecule has 2 amide bonds. The molecule has 1 aromatic heterocycles. The minimum Gasteiger partial charge on any atom is -0.354 e. The molecule has 0 saturated heterocycles. The second kappa shape index (κ2) is 10.3. The Bertz CT molecular complexity index is 528. The van der Waals surface area contributed by atoms with Gasteiger partial charge in [0.25, 0.3) is 0 Å². The van der Waals surface area contributed by atoms with Crippen molar-refractivity contribution in [2.75, 3.05) is 13.6 Å². The second-order valence-corrected chi connectivity index (χ2v) is 6.11. The molecular weight excluding hydrogens is 330 g/mol. The third kappa shape index (κ3) is 6.13. The molecule has 7 nitrogen and oxygen atoms in total. The number of aromatic nitrogens is 2. The molecule has 136 valence electrons. The third-order valence-corrected chi connectivity index (χ3v) is 4.23. The Balaban J connectivity index is 0.00000288. The summed E-state index contributed by atoms with van der Waals surface area (Å²) >= 11 is 0. The molecule has 8 heteroatoms. The van der Waals surface area contributed by atoms with Gasteiger partial charge in [-0.1, -0.05) is 19.3 Å². The Hall–Kier alpha value is -1.60. The Kier molecular flexibility index (Phi) is 8.78. The molecule has 0 spiro atoms. The van der Waals surface area contributed by atoms with Crippen molar-refractivity contribution < 1.29 is 9.59 Å². The zero-order valence-corrected chi connectivity index (χ0v) is 15.2. The first kappa shape index (κ1) is 20.4. The Morgan fingerprint density at radius 1 is 1.33 bits per heavy atom. The first-order chi connectivity index (χ1) is 11.1. The number of carbonyl (C=O) groups excluding carboxylic acids is 2. The van der Waals surface area contributed by atoms with Gasteiger partial charge in [0.2, 0.25) is 11.8 Å². The third-order valence-electron chi connectivity index (χ3n) is 4.23. The van der Waals surface area contributed by atoms with Crippen LogP contribution in [0.5, 0.6) is 0 Å². The molecule has 24 heavy (non-hydrogen) atoms. The van der Waals surface area contributed by atoms with Crippen LogP contribution in [0.4, 0.5) is 0 Å². The van der Waals surface area contributed by atoms with Gasteiger partial charge in [-0.05, 0) is 19.9 Å². The fraction of sp³-hybridized carbons (Fsp3) is 0.688. The minimum atomic E-state index is -0.454. The number of hydrogen-bond donors (Lipinski definition) is 3. The Morgan fingerprint density at radius 3 is 2.62 bits per heavy atom. The molecule has 0 bridgehead atoms. The van der Waals surface area contributed by atoms with Crippen molar-refractivity contribution in [1.29, 1.82) is 0 Å². The number of amides is 2. The van der Waals surface area contributed by atoms with Crippen molar-refractivity contribution in [1.82, 2.24) is 25.7 Å². The number of nitrogens with one attached hydrogen (secondary N) is 3. The van der Waals surface area contributed by atoms with Gasteiger partial charge < -0.3 is 16.0 Å². The van der Waals surface area contributed by atoms with Crippen LogP contribution in [0.2, 0.25) is 0 Å². The fourth-order valence-electron chi connectivity index (χ4n) is 2.99. The van der Waals surface area contributed by atoms with Gasteiger partial charge in [-0.3, -0.25) is 14.3 Å². The molecule has 1 aliphatic rings. The summed E-state index contributed by atoms with van der Waals surface area (Å²) in [6.07, 6.45) is 9.57. The summed E-state index contributed by atoms with van der Waals surface area (Å²) in [7, 11) is 3.54. The Labute approximate surface area is 149 Å². The summed E-state index contributed by atoms with van der Waals surface area (Å²) in [4.78, 5) is 24.1. The average Bonchev–Trinajstić information content (AvgIpc) is 2.95. The van der Waals surface area contributed by atoms with E-state index in [1.807, 2.05) is 7.05 Å². The van der Waals surface area contributed by atoms with Gasteiger partial charge in [0.1, 0.15) is 6.04 Å². The van der Waals surface area contributed by atoms with E-state index >= 15 is 0 Å². The van der Waals surface area contributed by atoms with Crippen molar-refractivity contribution in [3.05, 3.63) is 18.0 Å². The van der Waals surface area contributed by atoms with Crippen LogP contribution in [0.1, 0.15) is 50.1 Å². The van der Waals surface area contributed by atoms with Crippen LogP contribution in [-0.2, 0) is 16.6 Å². The molecule has 1 aromatic rings. The lowest BCUT2D eigenvalue weighted by Crippen LogP contribution is -2.40. The monoisotopic (exact) mass is 357 g/mol. The van der Waals surface area contributed by atoms with Crippen molar-refractivity contribution in [3.63, 3.8) is 0 Å². The molecule has 1 atom stereocenters. The zero-order chi connectivity index (χ0) is 16.7. The van der Waals surface area contributed by atoms with Gasteiger partial charge in [0.05, 0.1) is 6.20 Å². The molecule has 0 radical (unpaired) electrons. The predicted octanol–water partition coefficient (Wildman–Crippen LogP) is 1.06. The predicted molar refractivity (Wildman–Crippen MR) is 94.9 cm³/mol. The minimum absolute atomic E-state index is 0. The van der Waals surface area contributed by atoms with Crippen LogP contribution in [0.25, 0.3) is 0 Å². The lowest BCUT2D eigenvalue weighted by Gasteiger charge is -2.22. The lowest BCUT2D eigenvalue weighted by atomic mass is 9.95. The highest BCUT2D eigenvalue weighted by molar-refractivity contribution is 5.85. The Morgan fingerprint density at radius 2 is 2.04 bits per heavy atom. The maximum absolute atomic E-state index is 12.2. The molecule has 3 N–H and O–H groups in total. The molecule has 1 saturated carbocycles. The first-order valence-corrected chi connectivity index (χ1v) is 8.33. The standard InChI is InChI=1S/C16H27N5O2.ClH/c1-17-15(12-10-19-21(2)11-12)16(23)18-9-8-14(22)20-13-6-4-3-5-7-13;/h10-11,13,15,17H,3-9H2,1-2H3,(H,18,23)(H,20,22);1H. The van der Waals surface area contributed by atoms with Gasteiger partial charge in [-0.15, -0.1) is 12.4 Å². The highest BCUT2D eigenvalue weighted by Gasteiger charge is 2.20. The molecule has 0 aromatic carbocycles. The summed E-state index contributed by atoms with van der Waals surface area (Å²) in [5.41, 5.74) is 0.805. The summed E-state index contributed by atoms with van der Waals surface area (Å²) in [5, 5.41) is 12.9. The number of rotatable bonds is 7. The topological polar surface area (TPSA) is 88.1 Å². The van der Waals surface area contributed by atoms with Crippen LogP contribution in [0, 0.1) is 0 Å². The number of carbonyl (C=O) groups is 2. The number of aryl methyl sites for hydroxylation is 1. The highest BCUT2D eigenvalue weighted by atomic mass is 35.5. The largest absolute Gasteiger partial charge is 0.354 e. The van der Waals surface area contributed by atoms with Gasteiger partial charge in [0.15, 0.2) is 0 Å². The van der Waals surface area contributed by atoms with E-state index in [1.165, 1.54) is 19.3 Å². The SMILES string of the molecule is CNC(C(=O)NCCC(=O)NC1CCCCC1)c1cnn(C)c1.Cl. The average molecular weight is 358 g/mol. The van der Waals surface area contributed by atoms with E-state index in [0.717, 1.165) is 18.4 Å². The van der Waals surface area contributed by atoms with Crippen LogP contribution in [0.15, 0.2) is 12.4 Å². The van der Waals surface area contributed by atoms with Crippen molar-refractivity contribution in [2.45, 2.75) is 50.6 Å². The van der Waals surface area contributed by atoms with E-state index in [0.29, 0.717) is 19.0 Å². The molecule has 0 aliphatic heterocycles. The van der Waals surface area contributed by atoms with Crippen LogP contribution < -0.4 is 16.0 Å². The summed E-state index contributed by atoms with van der Waals surface area (Å²) < 4.78 is 1.66. The summed E-state index contributed by atoms with van der Waals surface area (Å²) in [6, 6.07) is -0.141. The smallest absolute Gasteiger partial charge is 0.241 e. The van der Waals surface area contributed by atoms with Gasteiger partial charge in [-0.25, -0.2) is 0 Å². The van der Waals surface area contributed by atoms with Crippen molar-refractivity contribution in [3.8, 4) is 0 Å². The van der Waals surface area contributed by atoms with Crippen LogP contribution in [0.3, 0.4) is 0 Å². The number of nitrogens with zero attached hydrogens (tertiary/aromatic N) is 2. The van der Waals surface area contributed by atoms with E-state index in [1.54, 1.807) is 24.1 Å². The van der Waals surface area contributed by atoms with Crippen LogP contribution >= 0.6 is 12.4 Å². The van der Waals surface area contributed by atoms with E-state index in [2.05, 4.69) is 21.0 Å². The first-order valence-electron chi connectivity index (χ1n) is 8.33. The number of likely N-dealkylation sites (N-methyl/N-ethyl adjacent to an activating group) is 1. The second-order valence-electron chi connectivity index (χ2n) is 6.11. The molecule has 1 unspecified atom stereocenters. The van der Waals surface area contributed by atoms with E-state index in [9.17, 15) is 9.59 Å². The van der Waals surface area contributed by atoms with E-state index in [4.69, 9.17) is 0 Å². The maximum Gasteiger partial charge on any atom is 0.241 e. The molecule has 2 rings (SSSR count). The van der Waals surface area contributed by atoms with E-state index < -0.39 is 6.04 Å². The highest BCUT2D eigenvalue weighted by Crippen LogP contribution is 2.17.